The summed E-state index contributed by atoms with van der Waals surface area (Å²) in [4.78, 5) is 11.5. The molecule has 0 N–H and O–H groups in total. The van der Waals surface area contributed by atoms with Crippen LogP contribution in [0.3, 0.4) is 0 Å². The minimum Gasteiger partial charge on any atom is -0.465 e. The summed E-state index contributed by atoms with van der Waals surface area (Å²) in [6.07, 6.45) is 3.60. The molecule has 3 nitrogen and oxygen atoms in total. The number of esters is 1. The Morgan fingerprint density at radius 1 is 1.53 bits per heavy atom. The number of methoxy groups -OCH3 is 1. The summed E-state index contributed by atoms with van der Waals surface area (Å²) < 4.78 is 6.62. The van der Waals surface area contributed by atoms with Crippen molar-refractivity contribution in [3.63, 3.8) is 0 Å². The van der Waals surface area contributed by atoms with Gasteiger partial charge < -0.3 is 9.14 Å². The molecule has 0 radical (unpaired) electrons. The van der Waals surface area contributed by atoms with Crippen molar-refractivity contribution in [1.29, 1.82) is 0 Å². The van der Waals surface area contributed by atoms with Crippen molar-refractivity contribution in [3.05, 3.63) is 48.3 Å². The van der Waals surface area contributed by atoms with E-state index in [-0.39, 0.29) is 5.97 Å². The summed E-state index contributed by atoms with van der Waals surface area (Å²) in [5.74, 6) is -0.327. The van der Waals surface area contributed by atoms with Crippen LogP contribution in [0.15, 0.2) is 37.0 Å². The third-order valence-corrected chi connectivity index (χ3v) is 2.32. The highest BCUT2D eigenvalue weighted by molar-refractivity contribution is 5.98. The number of pyridine rings is 1. The lowest BCUT2D eigenvalue weighted by atomic mass is 10.2. The van der Waals surface area contributed by atoms with Crippen LogP contribution in [-0.2, 0) is 4.74 Å². The molecular formula is C12H11NO2. The molecule has 15 heavy (non-hydrogen) atoms. The second-order valence-corrected chi connectivity index (χ2v) is 3.13. The number of ether oxygens (including phenoxy) is 1. The van der Waals surface area contributed by atoms with E-state index in [9.17, 15) is 4.79 Å². The van der Waals surface area contributed by atoms with E-state index in [0.717, 1.165) is 11.2 Å². The van der Waals surface area contributed by atoms with Gasteiger partial charge in [-0.05, 0) is 24.3 Å². The lowest BCUT2D eigenvalue weighted by molar-refractivity contribution is 0.0603. The number of rotatable bonds is 2. The van der Waals surface area contributed by atoms with Gasteiger partial charge in [0.2, 0.25) is 0 Å². The first kappa shape index (κ1) is 9.52. The molecule has 0 aliphatic heterocycles. The second kappa shape index (κ2) is 3.61. The topological polar surface area (TPSA) is 30.7 Å². The van der Waals surface area contributed by atoms with Crippen LogP contribution in [0.2, 0.25) is 0 Å². The number of fused-ring (bicyclic) bond motifs is 1. The van der Waals surface area contributed by atoms with Crippen LogP contribution in [-0.4, -0.2) is 17.5 Å². The smallest absolute Gasteiger partial charge is 0.340 e. The monoisotopic (exact) mass is 201 g/mol. The average molecular weight is 201 g/mol. The highest BCUT2D eigenvalue weighted by Crippen LogP contribution is 2.18. The summed E-state index contributed by atoms with van der Waals surface area (Å²) in [6.45, 7) is 3.71. The zero-order chi connectivity index (χ0) is 10.8. The molecule has 0 amide bonds. The first-order chi connectivity index (χ1) is 7.27. The molecule has 0 saturated carbocycles. The Morgan fingerprint density at radius 3 is 3.00 bits per heavy atom. The molecule has 2 rings (SSSR count). The van der Waals surface area contributed by atoms with Gasteiger partial charge in [0.25, 0.3) is 0 Å². The molecule has 0 fully saturated rings. The summed E-state index contributed by atoms with van der Waals surface area (Å²) in [6, 6.07) is 7.43. The first-order valence-corrected chi connectivity index (χ1v) is 4.58. The fourth-order valence-electron chi connectivity index (χ4n) is 1.61. The molecule has 2 heterocycles. The molecule has 0 saturated heterocycles. The van der Waals surface area contributed by atoms with E-state index in [2.05, 4.69) is 6.58 Å². The van der Waals surface area contributed by atoms with Gasteiger partial charge in [-0.2, -0.15) is 0 Å². The Morgan fingerprint density at radius 2 is 2.33 bits per heavy atom. The van der Waals surface area contributed by atoms with Crippen molar-refractivity contribution in [2.45, 2.75) is 0 Å². The van der Waals surface area contributed by atoms with Gasteiger partial charge in [0.05, 0.1) is 18.2 Å². The Labute approximate surface area is 87.6 Å². The second-order valence-electron chi connectivity index (χ2n) is 3.13. The molecule has 2 aromatic rings. The maximum absolute atomic E-state index is 11.5. The number of carbonyl (C=O) groups excluding carboxylic acids is 1. The van der Waals surface area contributed by atoms with Crippen molar-refractivity contribution in [3.8, 4) is 0 Å². The highest BCUT2D eigenvalue weighted by Gasteiger charge is 2.13. The van der Waals surface area contributed by atoms with Crippen LogP contribution in [0.1, 0.15) is 16.1 Å². The predicted molar refractivity (Wildman–Crippen MR) is 58.8 cm³/mol. The van der Waals surface area contributed by atoms with Crippen LogP contribution >= 0.6 is 0 Å². The Kier molecular flexibility index (Phi) is 2.29. The zero-order valence-electron chi connectivity index (χ0n) is 8.43. The lowest BCUT2D eigenvalue weighted by Crippen LogP contribution is -1.99. The molecule has 0 bridgehead atoms. The van der Waals surface area contributed by atoms with E-state index in [4.69, 9.17) is 4.74 Å². The normalized spacial score (nSPS) is 10.2. The summed E-state index contributed by atoms with van der Waals surface area (Å²) in [7, 11) is 1.38. The van der Waals surface area contributed by atoms with Gasteiger partial charge in [-0.3, -0.25) is 0 Å². The summed E-state index contributed by atoms with van der Waals surface area (Å²) in [5, 5.41) is 0. The maximum Gasteiger partial charge on any atom is 0.340 e. The van der Waals surface area contributed by atoms with Crippen LogP contribution in [0.4, 0.5) is 0 Å². The fourth-order valence-corrected chi connectivity index (χ4v) is 1.61. The van der Waals surface area contributed by atoms with E-state index < -0.39 is 0 Å². The van der Waals surface area contributed by atoms with Gasteiger partial charge in [0.15, 0.2) is 0 Å². The number of carbonyl (C=O) groups is 1. The van der Waals surface area contributed by atoms with Gasteiger partial charge >= 0.3 is 5.97 Å². The van der Waals surface area contributed by atoms with Crippen molar-refractivity contribution in [2.75, 3.05) is 7.11 Å². The van der Waals surface area contributed by atoms with Gasteiger partial charge in [-0.15, -0.1) is 0 Å². The molecule has 0 aliphatic rings. The fraction of sp³-hybridized carbons (Fsp3) is 0.0833. The molecule has 0 spiro atoms. The Bertz CT molecular complexity index is 525. The van der Waals surface area contributed by atoms with Gasteiger partial charge in [-0.1, -0.05) is 12.6 Å². The lowest BCUT2D eigenvalue weighted by Gasteiger charge is -1.98. The maximum atomic E-state index is 11.5. The molecule has 76 valence electrons. The molecule has 0 atom stereocenters. The van der Waals surface area contributed by atoms with E-state index in [1.807, 2.05) is 28.8 Å². The molecule has 0 unspecified atom stereocenters. The van der Waals surface area contributed by atoms with Crippen molar-refractivity contribution in [2.24, 2.45) is 0 Å². The van der Waals surface area contributed by atoms with E-state index >= 15 is 0 Å². The molecule has 0 aromatic carbocycles. The molecule has 0 aliphatic carbocycles. The quantitative estimate of drug-likeness (QED) is 0.698. The molecule has 3 heteroatoms. The number of aromatic nitrogens is 1. The minimum absolute atomic E-state index is 0.327. The van der Waals surface area contributed by atoms with Crippen LogP contribution in [0, 0.1) is 0 Å². The largest absolute Gasteiger partial charge is 0.465 e. The predicted octanol–water partition coefficient (Wildman–Crippen LogP) is 2.37. The standard InChI is InChI=1S/C12H11NO2/c1-3-9-8-10(12(14)15-2)11-6-4-5-7-13(9)11/h3-8H,1H2,2H3. The highest BCUT2D eigenvalue weighted by atomic mass is 16.5. The Balaban J connectivity index is 2.75. The van der Waals surface area contributed by atoms with Crippen LogP contribution in [0.25, 0.3) is 11.6 Å². The van der Waals surface area contributed by atoms with E-state index in [1.165, 1.54) is 7.11 Å². The van der Waals surface area contributed by atoms with E-state index in [0.29, 0.717) is 5.56 Å². The third kappa shape index (κ3) is 1.42. The number of nitrogens with zero attached hydrogens (tertiary/aromatic N) is 1. The van der Waals surface area contributed by atoms with Gasteiger partial charge in [-0.25, -0.2) is 4.79 Å². The molecule has 2 aromatic heterocycles. The average Bonchev–Trinajstić information content (AvgIpc) is 2.67. The number of hydrogen-bond acceptors (Lipinski definition) is 2. The molecular weight excluding hydrogens is 190 g/mol. The SMILES string of the molecule is C=Cc1cc(C(=O)OC)c2ccccn12. The summed E-state index contributed by atoms with van der Waals surface area (Å²) in [5.41, 5.74) is 2.28. The van der Waals surface area contributed by atoms with Crippen LogP contribution in [0.5, 0.6) is 0 Å². The minimum atomic E-state index is -0.327. The van der Waals surface area contributed by atoms with E-state index in [1.54, 1.807) is 12.1 Å². The number of hydrogen-bond donors (Lipinski definition) is 0. The first-order valence-electron chi connectivity index (χ1n) is 4.58. The zero-order valence-corrected chi connectivity index (χ0v) is 8.43. The van der Waals surface area contributed by atoms with Gasteiger partial charge in [0, 0.05) is 11.9 Å². The van der Waals surface area contributed by atoms with Crippen molar-refractivity contribution < 1.29 is 9.53 Å². The Hall–Kier alpha value is -2.03. The third-order valence-electron chi connectivity index (χ3n) is 2.32. The van der Waals surface area contributed by atoms with Gasteiger partial charge in [0.1, 0.15) is 0 Å². The van der Waals surface area contributed by atoms with Crippen molar-refractivity contribution in [1.82, 2.24) is 4.40 Å². The summed E-state index contributed by atoms with van der Waals surface area (Å²) >= 11 is 0. The van der Waals surface area contributed by atoms with Crippen molar-refractivity contribution >= 4 is 17.6 Å². The van der Waals surface area contributed by atoms with Crippen LogP contribution < -0.4 is 0 Å².